The molecule has 0 aliphatic rings. The smallest absolute Gasteiger partial charge is 0.224 e. The maximum absolute atomic E-state index is 12.1. The molecule has 21 heavy (non-hydrogen) atoms. The van der Waals surface area contributed by atoms with Gasteiger partial charge in [0.2, 0.25) is 5.91 Å². The molecule has 0 aliphatic heterocycles. The summed E-state index contributed by atoms with van der Waals surface area (Å²) in [6.45, 7) is 0.976. The third-order valence-corrected chi connectivity index (χ3v) is 3.69. The van der Waals surface area contributed by atoms with Crippen LogP contribution in [0.1, 0.15) is 5.56 Å². The largest absolute Gasteiger partial charge is 0.355 e. The number of amides is 1. The molecule has 0 saturated carbocycles. The van der Waals surface area contributed by atoms with E-state index in [1.54, 1.807) is 0 Å². The van der Waals surface area contributed by atoms with Gasteiger partial charge in [0, 0.05) is 13.1 Å². The Balaban J connectivity index is 2.13. The maximum Gasteiger partial charge on any atom is 0.224 e. The number of hydrogen-bond donors (Lipinski definition) is 2. The van der Waals surface area contributed by atoms with Crippen molar-refractivity contribution in [2.24, 2.45) is 5.73 Å². The van der Waals surface area contributed by atoms with Gasteiger partial charge in [-0.25, -0.2) is 0 Å². The minimum absolute atomic E-state index is 0.0157. The van der Waals surface area contributed by atoms with Crippen molar-refractivity contribution in [3.63, 3.8) is 0 Å². The summed E-state index contributed by atoms with van der Waals surface area (Å²) in [5, 5.41) is 7.45. The summed E-state index contributed by atoms with van der Waals surface area (Å²) in [6, 6.07) is 18.6. The van der Waals surface area contributed by atoms with E-state index >= 15 is 0 Å². The zero-order valence-corrected chi connectivity index (χ0v) is 11.8. The summed E-state index contributed by atoms with van der Waals surface area (Å²) in [4.78, 5) is 12.1. The van der Waals surface area contributed by atoms with Crippen molar-refractivity contribution in [3.05, 3.63) is 60.2 Å². The van der Waals surface area contributed by atoms with E-state index in [4.69, 9.17) is 5.73 Å². The number of carbonyl (C=O) groups excluding carboxylic acids is 1. The number of fused-ring (bicyclic) bond motifs is 2. The topological polar surface area (TPSA) is 55.1 Å². The van der Waals surface area contributed by atoms with Gasteiger partial charge >= 0.3 is 0 Å². The van der Waals surface area contributed by atoms with Crippen LogP contribution in [0.4, 0.5) is 0 Å². The molecule has 0 aliphatic carbocycles. The summed E-state index contributed by atoms with van der Waals surface area (Å²) < 4.78 is 0. The number of nitrogens with one attached hydrogen (secondary N) is 1. The lowest BCUT2D eigenvalue weighted by Gasteiger charge is -2.11. The fourth-order valence-electron chi connectivity index (χ4n) is 2.73. The van der Waals surface area contributed by atoms with Crippen molar-refractivity contribution < 1.29 is 4.79 Å². The van der Waals surface area contributed by atoms with Crippen molar-refractivity contribution in [1.29, 1.82) is 0 Å². The second kappa shape index (κ2) is 5.94. The normalized spacial score (nSPS) is 10.9. The molecule has 0 unspecified atom stereocenters. The monoisotopic (exact) mass is 278 g/mol. The van der Waals surface area contributed by atoms with Crippen molar-refractivity contribution in [3.8, 4) is 0 Å². The molecule has 3 nitrogen and oxygen atoms in total. The Morgan fingerprint density at radius 3 is 2.10 bits per heavy atom. The Kier molecular flexibility index (Phi) is 3.84. The molecule has 106 valence electrons. The van der Waals surface area contributed by atoms with E-state index in [0.29, 0.717) is 19.5 Å². The predicted octanol–water partition coefficient (Wildman–Crippen LogP) is 2.61. The van der Waals surface area contributed by atoms with Gasteiger partial charge in [0.05, 0.1) is 6.42 Å². The minimum Gasteiger partial charge on any atom is -0.355 e. The lowest BCUT2D eigenvalue weighted by Crippen LogP contribution is -2.30. The molecule has 0 spiro atoms. The molecule has 0 aromatic heterocycles. The second-order valence-corrected chi connectivity index (χ2v) is 5.11. The van der Waals surface area contributed by atoms with Crippen LogP contribution >= 0.6 is 0 Å². The van der Waals surface area contributed by atoms with Gasteiger partial charge in [-0.15, -0.1) is 0 Å². The van der Waals surface area contributed by atoms with Gasteiger partial charge in [-0.2, -0.15) is 0 Å². The molecule has 3 aromatic rings. The van der Waals surface area contributed by atoms with Gasteiger partial charge < -0.3 is 11.1 Å². The average Bonchev–Trinajstić information content (AvgIpc) is 2.52. The van der Waals surface area contributed by atoms with E-state index < -0.39 is 0 Å². The third-order valence-electron chi connectivity index (χ3n) is 3.69. The van der Waals surface area contributed by atoms with Crippen molar-refractivity contribution in [1.82, 2.24) is 5.32 Å². The minimum atomic E-state index is 0.0157. The lowest BCUT2D eigenvalue weighted by atomic mass is 9.95. The summed E-state index contributed by atoms with van der Waals surface area (Å²) in [7, 11) is 0. The summed E-state index contributed by atoms with van der Waals surface area (Å²) in [6.07, 6.45) is 0.377. The van der Waals surface area contributed by atoms with Crippen molar-refractivity contribution in [2.45, 2.75) is 6.42 Å². The molecular weight excluding hydrogens is 260 g/mol. The third kappa shape index (κ3) is 2.73. The molecule has 0 heterocycles. The molecule has 0 radical (unpaired) electrons. The van der Waals surface area contributed by atoms with Gasteiger partial charge in [0.1, 0.15) is 0 Å². The molecule has 3 rings (SSSR count). The van der Waals surface area contributed by atoms with Crippen LogP contribution in [0.15, 0.2) is 54.6 Å². The van der Waals surface area contributed by atoms with Crippen molar-refractivity contribution in [2.75, 3.05) is 13.1 Å². The summed E-state index contributed by atoms with van der Waals surface area (Å²) in [5.74, 6) is 0.0157. The van der Waals surface area contributed by atoms with Crippen LogP contribution in [0, 0.1) is 0 Å². The van der Waals surface area contributed by atoms with E-state index in [1.165, 1.54) is 0 Å². The summed E-state index contributed by atoms with van der Waals surface area (Å²) >= 11 is 0. The number of nitrogens with two attached hydrogens (primary N) is 1. The van der Waals surface area contributed by atoms with Crippen LogP contribution in [0.25, 0.3) is 21.5 Å². The van der Waals surface area contributed by atoms with Gasteiger partial charge in [0.15, 0.2) is 0 Å². The highest BCUT2D eigenvalue weighted by atomic mass is 16.1. The van der Waals surface area contributed by atoms with E-state index in [9.17, 15) is 4.79 Å². The first kappa shape index (κ1) is 13.6. The first-order valence-electron chi connectivity index (χ1n) is 7.16. The highest BCUT2D eigenvalue weighted by Crippen LogP contribution is 2.28. The highest BCUT2D eigenvalue weighted by Gasteiger charge is 2.10. The molecule has 0 atom stereocenters. The average molecular weight is 278 g/mol. The quantitative estimate of drug-likeness (QED) is 0.721. The van der Waals surface area contributed by atoms with Crippen LogP contribution in [0.2, 0.25) is 0 Å². The van der Waals surface area contributed by atoms with E-state index in [2.05, 4.69) is 35.6 Å². The standard InChI is InChI=1S/C18H18N2O/c19-9-10-20-18(21)12-17-15-7-3-1-5-13(15)11-14-6-2-4-8-16(14)17/h1-8,11H,9-10,12,19H2,(H,20,21). The van der Waals surface area contributed by atoms with Gasteiger partial charge in [-0.3, -0.25) is 4.79 Å². The fourth-order valence-corrected chi connectivity index (χ4v) is 2.73. The number of hydrogen-bond acceptors (Lipinski definition) is 2. The maximum atomic E-state index is 12.1. The lowest BCUT2D eigenvalue weighted by molar-refractivity contribution is -0.120. The van der Waals surface area contributed by atoms with Gasteiger partial charge in [-0.1, -0.05) is 48.5 Å². The molecule has 3 heteroatoms. The fraction of sp³-hybridized carbons (Fsp3) is 0.167. The zero-order valence-electron chi connectivity index (χ0n) is 11.8. The van der Waals surface area contributed by atoms with Crippen LogP contribution in [0.5, 0.6) is 0 Å². The molecule has 0 bridgehead atoms. The summed E-state index contributed by atoms with van der Waals surface area (Å²) in [5.41, 5.74) is 6.52. The second-order valence-electron chi connectivity index (χ2n) is 5.11. The van der Waals surface area contributed by atoms with Crippen LogP contribution in [-0.2, 0) is 11.2 Å². The molecular formula is C18H18N2O. The Bertz CT molecular complexity index is 741. The van der Waals surface area contributed by atoms with Crippen molar-refractivity contribution >= 4 is 27.5 Å². The molecule has 3 aromatic carbocycles. The number of carbonyl (C=O) groups is 1. The molecule has 3 N–H and O–H groups in total. The predicted molar refractivity (Wildman–Crippen MR) is 87.2 cm³/mol. The molecule has 0 saturated heterocycles. The molecule has 0 fully saturated rings. The Labute approximate surface area is 123 Å². The van der Waals surface area contributed by atoms with Crippen LogP contribution < -0.4 is 11.1 Å². The van der Waals surface area contributed by atoms with Crippen LogP contribution in [0.3, 0.4) is 0 Å². The first-order valence-corrected chi connectivity index (χ1v) is 7.16. The van der Waals surface area contributed by atoms with Gasteiger partial charge in [-0.05, 0) is 33.2 Å². The SMILES string of the molecule is NCCNC(=O)Cc1c2ccccc2cc2ccccc12. The first-order chi connectivity index (χ1) is 10.3. The van der Waals surface area contributed by atoms with E-state index in [-0.39, 0.29) is 5.91 Å². The van der Waals surface area contributed by atoms with Crippen LogP contribution in [-0.4, -0.2) is 19.0 Å². The Morgan fingerprint density at radius 2 is 1.52 bits per heavy atom. The number of rotatable bonds is 4. The Morgan fingerprint density at radius 1 is 0.952 bits per heavy atom. The number of benzene rings is 3. The molecule has 1 amide bonds. The van der Waals surface area contributed by atoms with E-state index in [0.717, 1.165) is 27.1 Å². The Hall–Kier alpha value is -2.39. The van der Waals surface area contributed by atoms with Gasteiger partial charge in [0.25, 0.3) is 0 Å². The van der Waals surface area contributed by atoms with E-state index in [1.807, 2.05) is 24.3 Å². The highest BCUT2D eigenvalue weighted by molar-refractivity contribution is 6.04. The zero-order chi connectivity index (χ0) is 14.7.